The zero-order chi connectivity index (χ0) is 20.9. The second-order valence-electron chi connectivity index (χ2n) is 9.06. The normalized spacial score (nSPS) is 22.5. The van der Waals surface area contributed by atoms with Gasteiger partial charge >= 0.3 is 0 Å². The molecular formula is C25H31N3O2. The lowest BCUT2D eigenvalue weighted by Gasteiger charge is -2.51. The Hall–Kier alpha value is -2.53. The molecule has 5 rings (SSSR count). The first-order chi connectivity index (χ1) is 14.5. The zero-order valence-corrected chi connectivity index (χ0v) is 18.4. The summed E-state index contributed by atoms with van der Waals surface area (Å²) in [4.78, 5) is 2.54. The molecule has 2 aromatic rings. The predicted molar refractivity (Wildman–Crippen MR) is 119 cm³/mol. The number of piperidine rings is 1. The van der Waals surface area contributed by atoms with Crippen LogP contribution < -0.4 is 9.47 Å². The van der Waals surface area contributed by atoms with Gasteiger partial charge in [-0.1, -0.05) is 17.7 Å². The Kier molecular flexibility index (Phi) is 4.73. The van der Waals surface area contributed by atoms with Gasteiger partial charge < -0.3 is 14.4 Å². The van der Waals surface area contributed by atoms with Gasteiger partial charge in [-0.2, -0.15) is 5.10 Å². The Labute approximate surface area is 179 Å². The SMILES string of the molecule is COc1ccc(C2=NN3[C@H](C2)c2cc(C)ccc2OC32CCN(C(C)C)CC2)cc1. The fraction of sp³-hybridized carbons (Fsp3) is 0.480. The summed E-state index contributed by atoms with van der Waals surface area (Å²) in [5.41, 5.74) is 4.47. The van der Waals surface area contributed by atoms with Gasteiger partial charge in [0, 0.05) is 44.0 Å². The van der Waals surface area contributed by atoms with Crippen molar-refractivity contribution in [3.8, 4) is 11.5 Å². The van der Waals surface area contributed by atoms with E-state index in [1.807, 2.05) is 12.1 Å². The van der Waals surface area contributed by atoms with Gasteiger partial charge in [-0.05, 0) is 56.7 Å². The van der Waals surface area contributed by atoms with Crippen LogP contribution in [0.5, 0.6) is 11.5 Å². The number of methoxy groups -OCH3 is 1. The number of nitrogens with zero attached hydrogens (tertiary/aromatic N) is 3. The number of benzene rings is 2. The Morgan fingerprint density at radius 1 is 1.10 bits per heavy atom. The van der Waals surface area contributed by atoms with Crippen molar-refractivity contribution in [3.63, 3.8) is 0 Å². The molecule has 0 saturated carbocycles. The smallest absolute Gasteiger partial charge is 0.200 e. The summed E-state index contributed by atoms with van der Waals surface area (Å²) in [7, 11) is 1.70. The van der Waals surface area contributed by atoms with Gasteiger partial charge in [0.25, 0.3) is 0 Å². The molecule has 1 saturated heterocycles. The minimum absolute atomic E-state index is 0.233. The van der Waals surface area contributed by atoms with Crippen molar-refractivity contribution in [2.45, 2.75) is 57.8 Å². The van der Waals surface area contributed by atoms with Gasteiger partial charge in [0.15, 0.2) is 0 Å². The van der Waals surface area contributed by atoms with E-state index in [0.717, 1.165) is 55.1 Å². The molecule has 0 bridgehead atoms. The first-order valence-electron chi connectivity index (χ1n) is 11.0. The van der Waals surface area contributed by atoms with Crippen LogP contribution in [0.2, 0.25) is 0 Å². The first kappa shape index (κ1) is 19.4. The Morgan fingerprint density at radius 2 is 1.83 bits per heavy atom. The van der Waals surface area contributed by atoms with Crippen LogP contribution in [-0.2, 0) is 0 Å². The molecule has 1 atom stereocenters. The highest BCUT2D eigenvalue weighted by Gasteiger charge is 2.51. The molecular weight excluding hydrogens is 374 g/mol. The van der Waals surface area contributed by atoms with E-state index in [1.54, 1.807) is 7.11 Å². The third kappa shape index (κ3) is 3.16. The van der Waals surface area contributed by atoms with Crippen LogP contribution in [-0.4, -0.2) is 47.6 Å². The Balaban J connectivity index is 1.52. The number of fused-ring (bicyclic) bond motifs is 4. The summed E-state index contributed by atoms with van der Waals surface area (Å²) in [5.74, 6) is 1.91. The topological polar surface area (TPSA) is 37.3 Å². The lowest BCUT2D eigenvalue weighted by molar-refractivity contribution is -0.152. The van der Waals surface area contributed by atoms with Gasteiger partial charge in [0.1, 0.15) is 11.5 Å². The molecule has 0 aromatic heterocycles. The van der Waals surface area contributed by atoms with Crippen molar-refractivity contribution >= 4 is 5.71 Å². The Bertz CT molecular complexity index is 959. The molecule has 3 heterocycles. The molecule has 158 valence electrons. The quantitative estimate of drug-likeness (QED) is 0.739. The number of rotatable bonds is 3. The molecule has 0 unspecified atom stereocenters. The van der Waals surface area contributed by atoms with Crippen LogP contribution in [0.3, 0.4) is 0 Å². The average Bonchev–Trinajstić information content (AvgIpc) is 3.22. The molecule has 0 radical (unpaired) electrons. The highest BCUT2D eigenvalue weighted by molar-refractivity contribution is 6.02. The maximum absolute atomic E-state index is 6.75. The third-order valence-corrected chi connectivity index (χ3v) is 6.88. The highest BCUT2D eigenvalue weighted by atomic mass is 16.5. The van der Waals surface area contributed by atoms with Crippen molar-refractivity contribution < 1.29 is 9.47 Å². The maximum Gasteiger partial charge on any atom is 0.200 e. The average molecular weight is 406 g/mol. The van der Waals surface area contributed by atoms with Crippen LogP contribution in [0, 0.1) is 6.92 Å². The van der Waals surface area contributed by atoms with Crippen molar-refractivity contribution in [2.24, 2.45) is 5.10 Å². The number of hydrogen-bond acceptors (Lipinski definition) is 5. The van der Waals surface area contributed by atoms with Crippen molar-refractivity contribution in [1.82, 2.24) is 9.91 Å². The standard InChI is InChI=1S/C25H31N3O2/c1-17(2)27-13-11-25(12-14-27)28-23(21-15-18(3)5-10-24(21)30-25)16-22(26-28)19-6-8-20(29-4)9-7-19/h5-10,15,17,23H,11-14,16H2,1-4H3/t23-/m1/s1. The van der Waals surface area contributed by atoms with Crippen molar-refractivity contribution in [1.29, 1.82) is 0 Å². The van der Waals surface area contributed by atoms with Crippen LogP contribution in [0.4, 0.5) is 0 Å². The largest absolute Gasteiger partial charge is 0.497 e. The molecule has 5 heteroatoms. The van der Waals surface area contributed by atoms with Gasteiger partial charge in [-0.3, -0.25) is 0 Å². The second-order valence-corrected chi connectivity index (χ2v) is 9.06. The lowest BCUT2D eigenvalue weighted by Crippen LogP contribution is -2.59. The summed E-state index contributed by atoms with van der Waals surface area (Å²) in [6.45, 7) is 8.77. The van der Waals surface area contributed by atoms with E-state index >= 15 is 0 Å². The van der Waals surface area contributed by atoms with Crippen LogP contribution in [0.1, 0.15) is 55.8 Å². The maximum atomic E-state index is 6.75. The van der Waals surface area contributed by atoms with Gasteiger partial charge in [-0.25, -0.2) is 5.01 Å². The summed E-state index contributed by atoms with van der Waals surface area (Å²) in [5, 5.41) is 7.47. The van der Waals surface area contributed by atoms with Crippen LogP contribution in [0.25, 0.3) is 0 Å². The number of likely N-dealkylation sites (tertiary alicyclic amines) is 1. The molecule has 3 aliphatic heterocycles. The molecule has 1 fully saturated rings. The van der Waals surface area contributed by atoms with E-state index in [2.05, 4.69) is 61.0 Å². The summed E-state index contributed by atoms with van der Waals surface area (Å²) < 4.78 is 12.1. The summed E-state index contributed by atoms with van der Waals surface area (Å²) >= 11 is 0. The fourth-order valence-electron chi connectivity index (χ4n) is 5.08. The highest BCUT2D eigenvalue weighted by Crippen LogP contribution is 2.50. The Morgan fingerprint density at radius 3 is 2.50 bits per heavy atom. The van der Waals surface area contributed by atoms with E-state index < -0.39 is 0 Å². The number of ether oxygens (including phenoxy) is 2. The van der Waals surface area contributed by atoms with Gasteiger partial charge in [-0.15, -0.1) is 0 Å². The lowest BCUT2D eigenvalue weighted by atomic mass is 9.90. The van der Waals surface area contributed by atoms with Gasteiger partial charge in [0.2, 0.25) is 5.72 Å². The molecule has 1 spiro atoms. The number of aryl methyl sites for hydroxylation is 1. The molecule has 3 aliphatic rings. The van der Waals surface area contributed by atoms with Crippen molar-refractivity contribution in [2.75, 3.05) is 20.2 Å². The number of hydrazone groups is 1. The fourth-order valence-corrected chi connectivity index (χ4v) is 5.08. The zero-order valence-electron chi connectivity index (χ0n) is 18.4. The molecule has 5 nitrogen and oxygen atoms in total. The molecule has 0 aliphatic carbocycles. The van der Waals surface area contributed by atoms with Crippen molar-refractivity contribution in [3.05, 3.63) is 59.2 Å². The van der Waals surface area contributed by atoms with E-state index in [0.29, 0.717) is 6.04 Å². The molecule has 2 aromatic carbocycles. The van der Waals surface area contributed by atoms with E-state index in [9.17, 15) is 0 Å². The predicted octanol–water partition coefficient (Wildman–Crippen LogP) is 4.75. The van der Waals surface area contributed by atoms with Gasteiger partial charge in [0.05, 0.1) is 18.9 Å². The first-order valence-corrected chi connectivity index (χ1v) is 11.0. The summed E-state index contributed by atoms with van der Waals surface area (Å²) in [6, 6.07) is 15.6. The van der Waals surface area contributed by atoms with Crippen LogP contribution >= 0.6 is 0 Å². The minimum Gasteiger partial charge on any atom is -0.497 e. The minimum atomic E-state index is -0.355. The van der Waals surface area contributed by atoms with E-state index in [-0.39, 0.29) is 11.8 Å². The third-order valence-electron chi connectivity index (χ3n) is 6.88. The molecule has 30 heavy (non-hydrogen) atoms. The van der Waals surface area contributed by atoms with Crippen LogP contribution in [0.15, 0.2) is 47.6 Å². The number of hydrogen-bond donors (Lipinski definition) is 0. The monoisotopic (exact) mass is 405 g/mol. The molecule has 0 amide bonds. The van der Waals surface area contributed by atoms with E-state index in [1.165, 1.54) is 11.1 Å². The second kappa shape index (κ2) is 7.31. The summed E-state index contributed by atoms with van der Waals surface area (Å²) in [6.07, 6.45) is 2.84. The van der Waals surface area contributed by atoms with E-state index in [4.69, 9.17) is 14.6 Å². The molecule has 0 N–H and O–H groups in total.